The third kappa shape index (κ3) is 4.05. The maximum Gasteiger partial charge on any atom is 0.316 e. The molecule has 0 atom stereocenters. The van der Waals surface area contributed by atoms with Crippen LogP contribution in [0, 0.1) is 0 Å². The molecule has 9 heteroatoms. The van der Waals surface area contributed by atoms with Crippen molar-refractivity contribution in [3.05, 3.63) is 36.9 Å². The number of fused-ring (bicyclic) bond motifs is 3. The number of hydrogen-bond donors (Lipinski definition) is 2. The Kier molecular flexibility index (Phi) is 5.72. The second kappa shape index (κ2) is 9.15. The lowest BCUT2D eigenvalue weighted by atomic mass is 9.90. The molecular weight excluding hydrogens is 430 g/mol. The van der Waals surface area contributed by atoms with Crippen LogP contribution in [-0.4, -0.2) is 75.3 Å². The molecule has 4 aromatic rings. The van der Waals surface area contributed by atoms with Crippen LogP contribution in [0.5, 0.6) is 6.01 Å². The van der Waals surface area contributed by atoms with Gasteiger partial charge in [0, 0.05) is 54.0 Å². The van der Waals surface area contributed by atoms with Gasteiger partial charge in [-0.1, -0.05) is 6.07 Å². The average molecular weight is 460 g/mol. The lowest BCUT2D eigenvalue weighted by Gasteiger charge is -2.39. The highest BCUT2D eigenvalue weighted by Gasteiger charge is 2.27. The number of anilines is 1. The van der Waals surface area contributed by atoms with Crippen LogP contribution in [0.3, 0.4) is 0 Å². The van der Waals surface area contributed by atoms with Crippen LogP contribution in [-0.2, 0) is 4.74 Å². The molecule has 1 saturated heterocycles. The number of morpholine rings is 1. The van der Waals surface area contributed by atoms with Crippen molar-refractivity contribution < 1.29 is 9.47 Å². The van der Waals surface area contributed by atoms with Crippen molar-refractivity contribution in [1.82, 2.24) is 29.8 Å². The number of methoxy groups -OCH3 is 1. The van der Waals surface area contributed by atoms with E-state index in [2.05, 4.69) is 53.3 Å². The lowest BCUT2D eigenvalue weighted by Crippen LogP contribution is -2.46. The zero-order chi connectivity index (χ0) is 22.9. The minimum absolute atomic E-state index is 0.361. The normalized spacial score (nSPS) is 21.7. The molecule has 1 aliphatic carbocycles. The van der Waals surface area contributed by atoms with Gasteiger partial charge < -0.3 is 19.8 Å². The Labute approximate surface area is 197 Å². The summed E-state index contributed by atoms with van der Waals surface area (Å²) in [5, 5.41) is 5.87. The Morgan fingerprint density at radius 1 is 1.00 bits per heavy atom. The van der Waals surface area contributed by atoms with E-state index in [0.29, 0.717) is 18.1 Å². The molecular formula is C25H29N7O2. The summed E-state index contributed by atoms with van der Waals surface area (Å²) in [6.07, 6.45) is 9.91. The maximum absolute atomic E-state index is 5.52. The minimum atomic E-state index is 0.361. The Bertz CT molecular complexity index is 1280. The first-order chi connectivity index (χ1) is 16.8. The van der Waals surface area contributed by atoms with E-state index in [-0.39, 0.29) is 0 Å². The fourth-order valence-electron chi connectivity index (χ4n) is 5.30. The van der Waals surface area contributed by atoms with Crippen LogP contribution in [0.15, 0.2) is 36.9 Å². The molecule has 1 saturated carbocycles. The van der Waals surface area contributed by atoms with Gasteiger partial charge in [-0.05, 0) is 43.4 Å². The van der Waals surface area contributed by atoms with Gasteiger partial charge in [0.2, 0.25) is 0 Å². The van der Waals surface area contributed by atoms with E-state index >= 15 is 0 Å². The number of ether oxygens (including phenoxy) is 2. The number of hydrogen-bond acceptors (Lipinski definition) is 8. The molecule has 0 amide bonds. The average Bonchev–Trinajstić information content (AvgIpc) is 3.28. The fourth-order valence-corrected chi connectivity index (χ4v) is 5.30. The van der Waals surface area contributed by atoms with Crippen molar-refractivity contribution in [3.63, 3.8) is 0 Å². The van der Waals surface area contributed by atoms with E-state index in [1.807, 2.05) is 0 Å². The zero-order valence-corrected chi connectivity index (χ0v) is 19.3. The summed E-state index contributed by atoms with van der Waals surface area (Å²) in [4.78, 5) is 23.7. The summed E-state index contributed by atoms with van der Waals surface area (Å²) in [5.41, 5.74) is 3.85. The summed E-state index contributed by atoms with van der Waals surface area (Å²) < 4.78 is 10.6. The van der Waals surface area contributed by atoms with E-state index in [0.717, 1.165) is 78.0 Å². The van der Waals surface area contributed by atoms with Gasteiger partial charge in [-0.2, -0.15) is 0 Å². The molecule has 4 heterocycles. The predicted octanol–water partition coefficient (Wildman–Crippen LogP) is 3.63. The molecule has 176 valence electrons. The van der Waals surface area contributed by atoms with Gasteiger partial charge in [-0.3, -0.25) is 4.90 Å². The minimum Gasteiger partial charge on any atom is -0.467 e. The molecule has 2 N–H and O–H groups in total. The van der Waals surface area contributed by atoms with Crippen LogP contribution < -0.4 is 10.1 Å². The number of benzene rings is 1. The van der Waals surface area contributed by atoms with Crippen molar-refractivity contribution in [3.8, 4) is 17.1 Å². The van der Waals surface area contributed by atoms with Gasteiger partial charge in [-0.15, -0.1) is 0 Å². The summed E-state index contributed by atoms with van der Waals surface area (Å²) in [7, 11) is 1.57. The molecule has 0 bridgehead atoms. The largest absolute Gasteiger partial charge is 0.467 e. The molecule has 1 aliphatic heterocycles. The van der Waals surface area contributed by atoms with Gasteiger partial charge in [0.1, 0.15) is 17.8 Å². The van der Waals surface area contributed by atoms with Crippen molar-refractivity contribution >= 4 is 27.8 Å². The van der Waals surface area contributed by atoms with Crippen LogP contribution in [0.2, 0.25) is 0 Å². The molecule has 0 spiro atoms. The summed E-state index contributed by atoms with van der Waals surface area (Å²) >= 11 is 0. The Hall–Kier alpha value is -3.30. The van der Waals surface area contributed by atoms with Gasteiger partial charge in [0.05, 0.1) is 25.7 Å². The second-order valence-electron chi connectivity index (χ2n) is 9.09. The number of aromatic amines is 1. The van der Waals surface area contributed by atoms with Crippen LogP contribution >= 0.6 is 0 Å². The molecule has 1 aromatic carbocycles. The van der Waals surface area contributed by atoms with E-state index in [9.17, 15) is 0 Å². The van der Waals surface area contributed by atoms with Crippen LogP contribution in [0.4, 0.5) is 5.82 Å². The molecule has 9 nitrogen and oxygen atoms in total. The number of rotatable bonds is 5. The Morgan fingerprint density at radius 3 is 2.56 bits per heavy atom. The molecule has 0 unspecified atom stereocenters. The quantitative estimate of drug-likeness (QED) is 0.467. The first-order valence-corrected chi connectivity index (χ1v) is 12.0. The van der Waals surface area contributed by atoms with E-state index in [1.165, 1.54) is 12.8 Å². The first-order valence-electron chi connectivity index (χ1n) is 12.0. The number of nitrogens with one attached hydrogen (secondary N) is 2. The number of aromatic nitrogens is 5. The van der Waals surface area contributed by atoms with Gasteiger partial charge in [0.25, 0.3) is 0 Å². The summed E-state index contributed by atoms with van der Waals surface area (Å²) in [6.45, 7) is 3.85. The molecule has 3 aromatic heterocycles. The molecule has 34 heavy (non-hydrogen) atoms. The lowest BCUT2D eigenvalue weighted by molar-refractivity contribution is 0.00791. The predicted molar refractivity (Wildman–Crippen MR) is 131 cm³/mol. The maximum atomic E-state index is 5.52. The van der Waals surface area contributed by atoms with E-state index < -0.39 is 0 Å². The monoisotopic (exact) mass is 459 g/mol. The van der Waals surface area contributed by atoms with Crippen LogP contribution in [0.25, 0.3) is 33.1 Å². The molecule has 2 aliphatic rings. The third-order valence-corrected chi connectivity index (χ3v) is 7.13. The van der Waals surface area contributed by atoms with Gasteiger partial charge in [-0.25, -0.2) is 19.9 Å². The molecule has 6 rings (SSSR count). The van der Waals surface area contributed by atoms with Crippen molar-refractivity contribution in [2.45, 2.75) is 37.8 Å². The molecule has 2 fully saturated rings. The van der Waals surface area contributed by atoms with Crippen molar-refractivity contribution in [1.29, 1.82) is 0 Å². The second-order valence-corrected chi connectivity index (χ2v) is 9.09. The van der Waals surface area contributed by atoms with Gasteiger partial charge in [0.15, 0.2) is 0 Å². The zero-order valence-electron chi connectivity index (χ0n) is 19.3. The van der Waals surface area contributed by atoms with E-state index in [4.69, 9.17) is 9.47 Å². The third-order valence-electron chi connectivity index (χ3n) is 7.13. The Balaban J connectivity index is 1.26. The van der Waals surface area contributed by atoms with Crippen molar-refractivity contribution in [2.75, 3.05) is 38.7 Å². The number of nitrogens with zero attached hydrogens (tertiary/aromatic N) is 5. The molecule has 0 radical (unpaired) electrons. The standard InChI is InChI=1S/C25H29N7O2/c1-33-25-26-13-17(14-27-25)16-2-7-21-20(12-16)22-23(28-15-29-24(22)31-21)30-18-3-5-19(6-4-18)32-8-10-34-11-9-32/h2,7,12-15,18-19H,3-6,8-11H2,1H3,(H2,28,29,30,31)/t18-,19-. The van der Waals surface area contributed by atoms with Crippen molar-refractivity contribution in [2.24, 2.45) is 0 Å². The van der Waals surface area contributed by atoms with E-state index in [1.54, 1.807) is 25.8 Å². The summed E-state index contributed by atoms with van der Waals surface area (Å²) in [5.74, 6) is 0.897. The topological polar surface area (TPSA) is 101 Å². The fraction of sp³-hybridized carbons (Fsp3) is 0.440. The van der Waals surface area contributed by atoms with Gasteiger partial charge >= 0.3 is 6.01 Å². The smallest absolute Gasteiger partial charge is 0.316 e. The summed E-state index contributed by atoms with van der Waals surface area (Å²) in [6, 6.07) is 7.75. The first kappa shape index (κ1) is 21.2. The Morgan fingerprint density at radius 2 is 1.79 bits per heavy atom. The highest BCUT2D eigenvalue weighted by Crippen LogP contribution is 2.34. The van der Waals surface area contributed by atoms with Crippen LogP contribution in [0.1, 0.15) is 25.7 Å². The highest BCUT2D eigenvalue weighted by molar-refractivity contribution is 6.12. The SMILES string of the molecule is COc1ncc(-c2ccc3[nH]c4ncnc(N[C@H]5CC[C@H](N6CCOCC6)CC5)c4c3c2)cn1. The number of H-pyrrole nitrogens is 1. The highest BCUT2D eigenvalue weighted by atomic mass is 16.5.